The zero-order valence-corrected chi connectivity index (χ0v) is 10.4. The second kappa shape index (κ2) is 3.89. The van der Waals surface area contributed by atoms with Crippen LogP contribution in [0.5, 0.6) is 0 Å². The molecule has 0 saturated carbocycles. The first kappa shape index (κ1) is 11.4. The maximum atomic E-state index is 5.43. The van der Waals surface area contributed by atoms with E-state index in [0.29, 0.717) is 0 Å². The van der Waals surface area contributed by atoms with Crippen LogP contribution in [0.15, 0.2) is 0 Å². The zero-order valence-electron chi connectivity index (χ0n) is 8.39. The van der Waals surface area contributed by atoms with Crippen LogP contribution in [0.3, 0.4) is 0 Å². The third kappa shape index (κ3) is 10.4. The van der Waals surface area contributed by atoms with Crippen molar-refractivity contribution in [2.75, 3.05) is 0 Å². The molecule has 0 N–H and O–H groups in total. The molecule has 0 bridgehead atoms. The zero-order chi connectivity index (χ0) is 9.12. The van der Waals surface area contributed by atoms with Crippen LogP contribution in [-0.2, 0) is 8.69 Å². The Morgan fingerprint density at radius 1 is 0.727 bits per heavy atom. The van der Waals surface area contributed by atoms with Gasteiger partial charge >= 0.3 is 7.69 Å². The van der Waals surface area contributed by atoms with Crippen LogP contribution in [-0.4, -0.2) is 24.3 Å². The average Bonchev–Trinajstić information content (AvgIpc) is 1.55. The molecule has 11 heavy (non-hydrogen) atoms. The summed E-state index contributed by atoms with van der Waals surface area (Å²) in [5, 5.41) is 0. The second-order valence-electron chi connectivity index (χ2n) is 4.56. The highest BCUT2D eigenvalue weighted by Crippen LogP contribution is 2.05. The van der Waals surface area contributed by atoms with Crippen LogP contribution in [0, 0.1) is 0 Å². The minimum Gasteiger partial charge on any atom is -0.456 e. The van der Waals surface area contributed by atoms with E-state index >= 15 is 0 Å². The quantitative estimate of drug-likeness (QED) is 0.631. The SMILES string of the molecule is C[Si](C)(C)O[B]O[Si](C)(C)C. The Bertz CT molecular complexity index is 103. The van der Waals surface area contributed by atoms with Gasteiger partial charge in [-0.2, -0.15) is 0 Å². The first-order chi connectivity index (χ1) is 4.71. The molecule has 0 aliphatic carbocycles. The molecule has 0 fully saturated rings. The highest BCUT2D eigenvalue weighted by molar-refractivity contribution is 6.77. The lowest BCUT2D eigenvalue weighted by atomic mass is 10.4. The van der Waals surface area contributed by atoms with Crippen molar-refractivity contribution in [2.24, 2.45) is 0 Å². The van der Waals surface area contributed by atoms with Crippen molar-refractivity contribution in [1.29, 1.82) is 0 Å². The third-order valence-electron chi connectivity index (χ3n) is 0.803. The van der Waals surface area contributed by atoms with Gasteiger partial charge in [-0.15, -0.1) is 0 Å². The Morgan fingerprint density at radius 2 is 1.00 bits per heavy atom. The molecule has 0 spiro atoms. The van der Waals surface area contributed by atoms with E-state index in [1.165, 1.54) is 0 Å². The maximum absolute atomic E-state index is 5.43. The fourth-order valence-electron chi connectivity index (χ4n) is 0.313. The van der Waals surface area contributed by atoms with Crippen molar-refractivity contribution in [3.8, 4) is 0 Å². The van der Waals surface area contributed by atoms with Gasteiger partial charge < -0.3 is 8.69 Å². The molecule has 0 unspecified atom stereocenters. The van der Waals surface area contributed by atoms with E-state index in [9.17, 15) is 0 Å². The van der Waals surface area contributed by atoms with E-state index in [1.807, 2.05) is 0 Å². The van der Waals surface area contributed by atoms with Gasteiger partial charge in [0.05, 0.1) is 0 Å². The molecule has 0 heterocycles. The molecule has 0 amide bonds. The molecule has 0 aromatic rings. The minimum absolute atomic E-state index is 1.42. The van der Waals surface area contributed by atoms with Gasteiger partial charge in [-0.3, -0.25) is 0 Å². The lowest BCUT2D eigenvalue weighted by Crippen LogP contribution is -2.34. The summed E-state index contributed by atoms with van der Waals surface area (Å²) in [5.41, 5.74) is 0. The highest BCUT2D eigenvalue weighted by Gasteiger charge is 2.19. The van der Waals surface area contributed by atoms with Crippen LogP contribution in [0.4, 0.5) is 0 Å². The van der Waals surface area contributed by atoms with E-state index in [1.54, 1.807) is 7.69 Å². The van der Waals surface area contributed by atoms with Crippen molar-refractivity contribution in [3.05, 3.63) is 0 Å². The number of hydrogen-bond acceptors (Lipinski definition) is 2. The van der Waals surface area contributed by atoms with Gasteiger partial charge in [-0.05, 0) is 39.3 Å². The molecule has 0 aromatic heterocycles. The summed E-state index contributed by atoms with van der Waals surface area (Å²) in [6.07, 6.45) is 0. The van der Waals surface area contributed by atoms with Gasteiger partial charge in [0.2, 0.25) is 0 Å². The average molecular weight is 189 g/mol. The predicted octanol–water partition coefficient (Wildman–Crippen LogP) is 2.22. The van der Waals surface area contributed by atoms with Gasteiger partial charge in [0.25, 0.3) is 0 Å². The van der Waals surface area contributed by atoms with Crippen LogP contribution in [0.2, 0.25) is 39.3 Å². The van der Waals surface area contributed by atoms with Gasteiger partial charge in [-0.25, -0.2) is 0 Å². The molecule has 65 valence electrons. The second-order valence-corrected chi connectivity index (χ2v) is 13.5. The first-order valence-corrected chi connectivity index (χ1v) is 10.7. The van der Waals surface area contributed by atoms with Crippen molar-refractivity contribution in [1.82, 2.24) is 0 Å². The normalized spacial score (nSPS) is 13.3. The van der Waals surface area contributed by atoms with Gasteiger partial charge in [0, 0.05) is 0 Å². The fraction of sp³-hybridized carbons (Fsp3) is 1.00. The van der Waals surface area contributed by atoms with Gasteiger partial charge in [0.1, 0.15) is 0 Å². The Hall–Kier alpha value is 0.419. The smallest absolute Gasteiger partial charge is 0.456 e. The van der Waals surface area contributed by atoms with Crippen molar-refractivity contribution < 1.29 is 8.69 Å². The van der Waals surface area contributed by atoms with Crippen molar-refractivity contribution in [2.45, 2.75) is 39.3 Å². The molecular formula is C6H18BO2Si2. The van der Waals surface area contributed by atoms with Gasteiger partial charge in [-0.1, -0.05) is 0 Å². The summed E-state index contributed by atoms with van der Waals surface area (Å²) in [6.45, 7) is 12.8. The summed E-state index contributed by atoms with van der Waals surface area (Å²) in [5.74, 6) is 0. The highest BCUT2D eigenvalue weighted by atomic mass is 28.4. The lowest BCUT2D eigenvalue weighted by Gasteiger charge is -2.21. The van der Waals surface area contributed by atoms with Crippen molar-refractivity contribution in [3.63, 3.8) is 0 Å². The maximum Gasteiger partial charge on any atom is 0.464 e. The number of hydrogen-bond donors (Lipinski definition) is 0. The molecule has 0 aliphatic rings. The molecule has 0 rings (SSSR count). The van der Waals surface area contributed by atoms with Crippen LogP contribution < -0.4 is 0 Å². The van der Waals surface area contributed by atoms with E-state index in [0.717, 1.165) is 0 Å². The monoisotopic (exact) mass is 189 g/mol. The standard InChI is InChI=1S/C6H18BO2Si2/c1-10(2,3)8-7-9-11(4,5)6/h1-6H3. The lowest BCUT2D eigenvalue weighted by molar-refractivity contribution is 0.457. The predicted molar refractivity (Wildman–Crippen MR) is 54.6 cm³/mol. The molecule has 0 aromatic carbocycles. The fourth-order valence-corrected chi connectivity index (χ4v) is 1.08. The van der Waals surface area contributed by atoms with Crippen LogP contribution >= 0.6 is 0 Å². The van der Waals surface area contributed by atoms with E-state index in [2.05, 4.69) is 39.3 Å². The van der Waals surface area contributed by atoms with E-state index in [4.69, 9.17) is 8.69 Å². The third-order valence-corrected chi connectivity index (χ3v) is 2.41. The summed E-state index contributed by atoms with van der Waals surface area (Å²) < 4.78 is 10.9. The molecular weight excluding hydrogens is 171 g/mol. The Kier molecular flexibility index (Phi) is 4.04. The molecule has 1 radical (unpaired) electrons. The summed E-state index contributed by atoms with van der Waals surface area (Å²) in [7, 11) is -1.29. The summed E-state index contributed by atoms with van der Waals surface area (Å²) in [4.78, 5) is 0. The summed E-state index contributed by atoms with van der Waals surface area (Å²) >= 11 is 0. The molecule has 5 heteroatoms. The van der Waals surface area contributed by atoms with Crippen LogP contribution in [0.1, 0.15) is 0 Å². The molecule has 2 nitrogen and oxygen atoms in total. The van der Waals surface area contributed by atoms with Gasteiger partial charge in [0.15, 0.2) is 16.6 Å². The Labute approximate surface area is 72.9 Å². The Morgan fingerprint density at radius 3 is 1.18 bits per heavy atom. The van der Waals surface area contributed by atoms with Crippen molar-refractivity contribution >= 4 is 24.3 Å². The molecule has 0 atom stereocenters. The molecule has 0 saturated heterocycles. The van der Waals surface area contributed by atoms with E-state index in [-0.39, 0.29) is 0 Å². The summed E-state index contributed by atoms with van der Waals surface area (Å²) in [6, 6.07) is 0. The van der Waals surface area contributed by atoms with Crippen LogP contribution in [0.25, 0.3) is 0 Å². The topological polar surface area (TPSA) is 18.5 Å². The van der Waals surface area contributed by atoms with E-state index < -0.39 is 16.6 Å². The minimum atomic E-state index is -1.42. The Balaban J connectivity index is 3.44. The molecule has 0 aliphatic heterocycles. The largest absolute Gasteiger partial charge is 0.464 e. The number of rotatable bonds is 4. The first-order valence-electron chi connectivity index (χ1n) is 3.88.